The number of carbonyl (C=O) groups is 1. The van der Waals surface area contributed by atoms with Crippen molar-refractivity contribution < 1.29 is 23.4 Å². The minimum absolute atomic E-state index is 0.0232. The van der Waals surface area contributed by atoms with E-state index in [9.17, 15) is 4.79 Å². The minimum atomic E-state index is -0.310. The van der Waals surface area contributed by atoms with Crippen LogP contribution in [0.1, 0.15) is 38.5 Å². The second-order valence-corrected chi connectivity index (χ2v) is 9.07. The Morgan fingerprint density at radius 1 is 1.05 bits per heavy atom. The molecule has 37 heavy (non-hydrogen) atoms. The van der Waals surface area contributed by atoms with Crippen LogP contribution in [0.5, 0.6) is 11.5 Å². The number of rotatable bonds is 8. The Morgan fingerprint density at radius 2 is 1.70 bits per heavy atom. The van der Waals surface area contributed by atoms with Crippen molar-refractivity contribution >= 4 is 6.09 Å². The number of oxazole rings is 1. The van der Waals surface area contributed by atoms with E-state index in [2.05, 4.69) is 0 Å². The largest absolute Gasteiger partial charge is 0.497 e. The van der Waals surface area contributed by atoms with Crippen molar-refractivity contribution in [2.75, 3.05) is 33.9 Å². The van der Waals surface area contributed by atoms with Crippen LogP contribution in [0.25, 0.3) is 22.6 Å². The van der Waals surface area contributed by atoms with Gasteiger partial charge in [0, 0.05) is 24.2 Å². The van der Waals surface area contributed by atoms with Crippen LogP contribution in [-0.4, -0.2) is 49.9 Å². The predicted molar refractivity (Wildman–Crippen MR) is 144 cm³/mol. The molecule has 2 heterocycles. The maximum absolute atomic E-state index is 12.8. The number of carbonyl (C=O) groups excluding carboxylic acids is 1. The highest BCUT2D eigenvalue weighted by Gasteiger charge is 2.30. The summed E-state index contributed by atoms with van der Waals surface area (Å²) in [6, 6.07) is 15.5. The molecule has 1 aromatic heterocycles. The van der Waals surface area contributed by atoms with E-state index in [-0.39, 0.29) is 18.6 Å². The van der Waals surface area contributed by atoms with Gasteiger partial charge in [0.15, 0.2) is 11.7 Å². The van der Waals surface area contributed by atoms with Gasteiger partial charge in [0.2, 0.25) is 0 Å². The molecule has 1 atom stereocenters. The number of hydrogen-bond donors (Lipinski definition) is 0. The van der Waals surface area contributed by atoms with Crippen molar-refractivity contribution in [2.24, 2.45) is 0 Å². The first-order chi connectivity index (χ1) is 18.0. The zero-order valence-electron chi connectivity index (χ0n) is 21.9. The van der Waals surface area contributed by atoms with Gasteiger partial charge in [-0.2, -0.15) is 0 Å². The molecule has 1 unspecified atom stereocenters. The van der Waals surface area contributed by atoms with Gasteiger partial charge in [-0.1, -0.05) is 18.2 Å². The number of ether oxygens (including phenoxy) is 3. The van der Waals surface area contributed by atoms with E-state index in [1.54, 1.807) is 19.1 Å². The summed E-state index contributed by atoms with van der Waals surface area (Å²) < 4.78 is 22.6. The fourth-order valence-electron chi connectivity index (χ4n) is 4.31. The topological polar surface area (TPSA) is 74.0 Å². The Bertz CT molecular complexity index is 1180. The number of likely N-dealkylation sites (tertiary alicyclic amines) is 1. The summed E-state index contributed by atoms with van der Waals surface area (Å²) in [5.74, 6) is 2.83. The van der Waals surface area contributed by atoms with Crippen molar-refractivity contribution in [3.8, 4) is 34.1 Å². The average Bonchev–Trinajstić information content (AvgIpc) is 3.40. The molecule has 7 nitrogen and oxygen atoms in total. The van der Waals surface area contributed by atoms with Crippen molar-refractivity contribution in [1.82, 2.24) is 9.88 Å². The van der Waals surface area contributed by atoms with Gasteiger partial charge in [0.25, 0.3) is 0 Å². The molecular weight excluding hydrogens is 468 g/mol. The molecule has 194 valence electrons. The maximum Gasteiger partial charge on any atom is 0.410 e. The maximum atomic E-state index is 12.8. The Hall–Kier alpha value is -4.00. The zero-order valence-corrected chi connectivity index (χ0v) is 21.9. The molecule has 0 saturated carbocycles. The van der Waals surface area contributed by atoms with Gasteiger partial charge in [-0.3, -0.25) is 0 Å². The van der Waals surface area contributed by atoms with Crippen LogP contribution in [0.2, 0.25) is 0 Å². The number of hydrogen-bond acceptors (Lipinski definition) is 6. The van der Waals surface area contributed by atoms with E-state index in [0.29, 0.717) is 24.7 Å². The third-order valence-corrected chi connectivity index (χ3v) is 6.38. The van der Waals surface area contributed by atoms with Crippen LogP contribution in [0, 0.1) is 0 Å². The predicted octanol–water partition coefficient (Wildman–Crippen LogP) is 6.86. The van der Waals surface area contributed by atoms with Crippen molar-refractivity contribution in [3.05, 3.63) is 78.2 Å². The highest BCUT2D eigenvalue weighted by atomic mass is 16.6. The Labute approximate surface area is 218 Å². The van der Waals surface area contributed by atoms with E-state index in [1.165, 1.54) is 0 Å². The normalized spacial score (nSPS) is 16.2. The number of nitrogens with zero attached hydrogens (tertiary/aromatic N) is 2. The summed E-state index contributed by atoms with van der Waals surface area (Å²) in [6.45, 7) is 5.32. The molecule has 0 radical (unpaired) electrons. The van der Waals surface area contributed by atoms with E-state index in [1.807, 2.05) is 80.6 Å². The first-order valence-corrected chi connectivity index (χ1v) is 12.5. The van der Waals surface area contributed by atoms with Gasteiger partial charge >= 0.3 is 6.09 Å². The fraction of sp³-hybridized carbons (Fsp3) is 0.333. The summed E-state index contributed by atoms with van der Waals surface area (Å²) in [6.07, 6.45) is 7.25. The van der Waals surface area contributed by atoms with Crippen LogP contribution in [0.15, 0.2) is 76.7 Å². The SMILES string of the molecule is C/C=C\C=C(/C)COC(=O)N1CCCC(c2nc(-c3ccc(OC)cc3)c(-c3ccc(OC)cc3)o2)C1. The second kappa shape index (κ2) is 12.3. The molecule has 1 saturated heterocycles. The lowest BCUT2D eigenvalue weighted by Crippen LogP contribution is -2.39. The fourth-order valence-corrected chi connectivity index (χ4v) is 4.31. The standard InChI is InChI=1S/C30H34N2O5/c1-5-6-8-21(2)20-36-30(33)32-18-7-9-24(19-32)29-31-27(22-10-14-25(34-3)15-11-22)28(37-29)23-12-16-26(35-4)17-13-23/h5-6,8,10-17,24H,7,9,18-20H2,1-4H3/b6-5-,21-8+. The number of piperidine rings is 1. The first kappa shape index (κ1) is 26.1. The number of benzene rings is 2. The van der Waals surface area contributed by atoms with E-state index in [0.717, 1.165) is 46.7 Å². The third-order valence-electron chi connectivity index (χ3n) is 6.38. The number of amides is 1. The Morgan fingerprint density at radius 3 is 2.32 bits per heavy atom. The van der Waals surface area contributed by atoms with Gasteiger partial charge in [-0.25, -0.2) is 9.78 Å². The third kappa shape index (κ3) is 6.42. The van der Waals surface area contributed by atoms with E-state index in [4.69, 9.17) is 23.6 Å². The molecule has 2 aromatic carbocycles. The molecule has 1 fully saturated rings. The lowest BCUT2D eigenvalue weighted by molar-refractivity contribution is 0.0964. The average molecular weight is 503 g/mol. The molecule has 3 aromatic rings. The number of aromatic nitrogens is 1. The van der Waals surface area contributed by atoms with Gasteiger partial charge in [-0.05, 0) is 80.8 Å². The van der Waals surface area contributed by atoms with Gasteiger partial charge in [0.05, 0.1) is 20.1 Å². The van der Waals surface area contributed by atoms with Crippen LogP contribution < -0.4 is 9.47 Å². The second-order valence-electron chi connectivity index (χ2n) is 9.07. The lowest BCUT2D eigenvalue weighted by Gasteiger charge is -2.30. The lowest BCUT2D eigenvalue weighted by atomic mass is 9.98. The smallest absolute Gasteiger partial charge is 0.410 e. The van der Waals surface area contributed by atoms with Crippen LogP contribution >= 0.6 is 0 Å². The van der Waals surface area contributed by atoms with Gasteiger partial charge in [0.1, 0.15) is 23.8 Å². The molecule has 7 heteroatoms. The monoisotopic (exact) mass is 502 g/mol. The molecule has 4 rings (SSSR count). The molecule has 0 N–H and O–H groups in total. The highest BCUT2D eigenvalue weighted by Crippen LogP contribution is 2.38. The molecule has 1 aliphatic rings. The van der Waals surface area contributed by atoms with Crippen LogP contribution in [0.3, 0.4) is 0 Å². The van der Waals surface area contributed by atoms with Crippen LogP contribution in [-0.2, 0) is 4.74 Å². The molecule has 1 aliphatic heterocycles. The van der Waals surface area contributed by atoms with Crippen molar-refractivity contribution in [2.45, 2.75) is 32.6 Å². The minimum Gasteiger partial charge on any atom is -0.497 e. The first-order valence-electron chi connectivity index (χ1n) is 12.5. The van der Waals surface area contributed by atoms with Crippen molar-refractivity contribution in [3.63, 3.8) is 0 Å². The summed E-state index contributed by atoms with van der Waals surface area (Å²) >= 11 is 0. The summed E-state index contributed by atoms with van der Waals surface area (Å²) in [5, 5.41) is 0. The van der Waals surface area contributed by atoms with E-state index < -0.39 is 0 Å². The molecule has 0 aliphatic carbocycles. The Kier molecular flexibility index (Phi) is 8.67. The summed E-state index contributed by atoms with van der Waals surface area (Å²) in [7, 11) is 3.29. The molecule has 0 spiro atoms. The number of methoxy groups -OCH3 is 2. The summed E-state index contributed by atoms with van der Waals surface area (Å²) in [4.78, 5) is 19.5. The van der Waals surface area contributed by atoms with E-state index >= 15 is 0 Å². The Balaban J connectivity index is 1.58. The van der Waals surface area contributed by atoms with Crippen LogP contribution in [0.4, 0.5) is 4.79 Å². The van der Waals surface area contributed by atoms with Crippen molar-refractivity contribution in [1.29, 1.82) is 0 Å². The van der Waals surface area contributed by atoms with Gasteiger partial charge in [-0.15, -0.1) is 0 Å². The highest BCUT2D eigenvalue weighted by molar-refractivity contribution is 5.77. The van der Waals surface area contributed by atoms with Gasteiger partial charge < -0.3 is 23.5 Å². The quantitative estimate of drug-likeness (QED) is 0.313. The summed E-state index contributed by atoms with van der Waals surface area (Å²) in [5.41, 5.74) is 3.58. The zero-order chi connectivity index (χ0) is 26.2. The molecule has 1 amide bonds. The molecule has 0 bridgehead atoms. The molecular formula is C30H34N2O5. The number of allylic oxidation sites excluding steroid dienone is 3.